The van der Waals surface area contributed by atoms with Crippen molar-refractivity contribution >= 4 is 11.7 Å². The third-order valence-corrected chi connectivity index (χ3v) is 3.98. The number of anilines is 1. The normalized spacial score (nSPS) is 17.5. The molecule has 1 unspecified atom stereocenters. The first-order valence-electron chi connectivity index (χ1n) is 7.43. The van der Waals surface area contributed by atoms with Crippen molar-refractivity contribution in [2.45, 2.75) is 32.4 Å². The van der Waals surface area contributed by atoms with E-state index < -0.39 is 5.54 Å². The lowest BCUT2D eigenvalue weighted by Crippen LogP contribution is -2.42. The lowest BCUT2D eigenvalue weighted by atomic mass is 9.94. The summed E-state index contributed by atoms with van der Waals surface area (Å²) in [5, 5.41) is 7.39. The third kappa shape index (κ3) is 2.57. The number of nitrogens with one attached hydrogen (secondary N) is 3. The fraction of sp³-hybridized carbons (Fsp3) is 0.375. The van der Waals surface area contributed by atoms with Crippen molar-refractivity contribution in [1.82, 2.24) is 20.5 Å². The van der Waals surface area contributed by atoms with Crippen LogP contribution in [0.3, 0.4) is 0 Å². The molecule has 1 amide bonds. The minimum absolute atomic E-state index is 0.140. The highest BCUT2D eigenvalue weighted by Crippen LogP contribution is 2.24. The maximum absolute atomic E-state index is 12.6. The Morgan fingerprint density at radius 2 is 2.09 bits per heavy atom. The van der Waals surface area contributed by atoms with Gasteiger partial charge < -0.3 is 10.7 Å². The summed E-state index contributed by atoms with van der Waals surface area (Å²) < 4.78 is 1.83. The van der Waals surface area contributed by atoms with E-state index in [-0.39, 0.29) is 11.9 Å². The number of aromatic nitrogens is 2. The third-order valence-electron chi connectivity index (χ3n) is 3.98. The van der Waals surface area contributed by atoms with Crippen molar-refractivity contribution in [2.75, 3.05) is 12.0 Å². The number of hydrogen-bond acceptors (Lipinski definition) is 4. The number of fused-ring (bicyclic) bond motifs is 1. The Morgan fingerprint density at radius 3 is 2.82 bits per heavy atom. The molecule has 6 nitrogen and oxygen atoms in total. The first-order chi connectivity index (χ1) is 10.5. The predicted molar refractivity (Wildman–Crippen MR) is 85.5 cm³/mol. The molecule has 2 aromatic rings. The van der Waals surface area contributed by atoms with Crippen molar-refractivity contribution in [3.63, 3.8) is 0 Å². The van der Waals surface area contributed by atoms with Crippen LogP contribution in [0.5, 0.6) is 0 Å². The summed E-state index contributed by atoms with van der Waals surface area (Å²) in [5.74, 6) is 0.568. The number of nitrogens with zero attached hydrogens (tertiary/aromatic N) is 2. The highest BCUT2D eigenvalue weighted by atomic mass is 16.1. The van der Waals surface area contributed by atoms with Crippen molar-refractivity contribution in [1.29, 1.82) is 0 Å². The number of hydrogen-bond donors (Lipinski definition) is 3. The molecule has 6 heteroatoms. The Balaban J connectivity index is 1.84. The highest BCUT2D eigenvalue weighted by Gasteiger charge is 2.28. The first-order valence-corrected chi connectivity index (χ1v) is 7.43. The average molecular weight is 299 g/mol. The number of amides is 1. The topological polar surface area (TPSA) is 71.0 Å². The SMILES string of the molecule is CC1CNNc2c(C(=O)NC(C)(C)c3ccccc3)cnn21. The molecule has 3 N–H and O–H groups in total. The van der Waals surface area contributed by atoms with Gasteiger partial charge in [-0.3, -0.25) is 4.79 Å². The molecule has 2 heterocycles. The van der Waals surface area contributed by atoms with E-state index in [9.17, 15) is 4.79 Å². The Hall–Kier alpha value is -2.34. The van der Waals surface area contributed by atoms with Crippen LogP contribution in [0, 0.1) is 0 Å². The minimum Gasteiger partial charge on any atom is -0.343 e. The Labute approximate surface area is 129 Å². The summed E-state index contributed by atoms with van der Waals surface area (Å²) >= 11 is 0. The number of rotatable bonds is 3. The molecule has 1 atom stereocenters. The Bertz CT molecular complexity index is 677. The van der Waals surface area contributed by atoms with Crippen LogP contribution in [0.25, 0.3) is 0 Å². The summed E-state index contributed by atoms with van der Waals surface area (Å²) in [6.07, 6.45) is 1.61. The van der Waals surface area contributed by atoms with Gasteiger partial charge in [0.15, 0.2) is 5.82 Å². The van der Waals surface area contributed by atoms with Crippen LogP contribution < -0.4 is 16.2 Å². The van der Waals surface area contributed by atoms with E-state index in [1.54, 1.807) is 6.20 Å². The van der Waals surface area contributed by atoms with Crippen molar-refractivity contribution in [2.24, 2.45) is 0 Å². The van der Waals surface area contributed by atoms with Gasteiger partial charge in [-0.2, -0.15) is 5.10 Å². The van der Waals surface area contributed by atoms with Gasteiger partial charge in [0.05, 0.1) is 17.8 Å². The smallest absolute Gasteiger partial charge is 0.257 e. The van der Waals surface area contributed by atoms with E-state index in [1.165, 1.54) is 0 Å². The van der Waals surface area contributed by atoms with Gasteiger partial charge in [0, 0.05) is 6.54 Å². The molecule has 3 rings (SSSR count). The van der Waals surface area contributed by atoms with E-state index in [1.807, 2.05) is 48.9 Å². The zero-order chi connectivity index (χ0) is 15.7. The molecule has 0 saturated carbocycles. The molecule has 1 aliphatic heterocycles. The van der Waals surface area contributed by atoms with E-state index in [0.717, 1.165) is 12.1 Å². The molecule has 0 saturated heterocycles. The molecule has 1 aromatic carbocycles. The summed E-state index contributed by atoms with van der Waals surface area (Å²) in [7, 11) is 0. The molecule has 0 spiro atoms. The molecule has 116 valence electrons. The molecule has 0 fully saturated rings. The summed E-state index contributed by atoms with van der Waals surface area (Å²) in [6.45, 7) is 6.81. The van der Waals surface area contributed by atoms with Crippen LogP contribution in [-0.2, 0) is 5.54 Å². The molecular weight excluding hydrogens is 278 g/mol. The van der Waals surface area contributed by atoms with Crippen LogP contribution in [0.2, 0.25) is 0 Å². The lowest BCUT2D eigenvalue weighted by molar-refractivity contribution is 0.0912. The fourth-order valence-corrected chi connectivity index (χ4v) is 2.63. The van der Waals surface area contributed by atoms with Gasteiger partial charge in [-0.1, -0.05) is 30.3 Å². The highest BCUT2D eigenvalue weighted by molar-refractivity contribution is 5.99. The zero-order valence-electron chi connectivity index (χ0n) is 13.1. The van der Waals surface area contributed by atoms with E-state index in [2.05, 4.69) is 28.2 Å². The Kier molecular flexibility index (Phi) is 3.62. The molecule has 22 heavy (non-hydrogen) atoms. The first kappa shape index (κ1) is 14.6. The minimum atomic E-state index is -0.457. The zero-order valence-corrected chi connectivity index (χ0v) is 13.1. The van der Waals surface area contributed by atoms with E-state index in [4.69, 9.17) is 0 Å². The van der Waals surface area contributed by atoms with Gasteiger partial charge in [-0.15, -0.1) is 0 Å². The molecule has 0 radical (unpaired) electrons. The van der Waals surface area contributed by atoms with Crippen LogP contribution in [-0.4, -0.2) is 22.2 Å². The molecule has 1 aliphatic rings. The molecular formula is C16H21N5O. The second-order valence-electron chi connectivity index (χ2n) is 6.15. The van der Waals surface area contributed by atoms with Gasteiger partial charge in [-0.05, 0) is 26.3 Å². The van der Waals surface area contributed by atoms with Gasteiger partial charge in [0.1, 0.15) is 5.56 Å². The van der Waals surface area contributed by atoms with Crippen LogP contribution in [0.4, 0.5) is 5.82 Å². The Morgan fingerprint density at radius 1 is 1.36 bits per heavy atom. The maximum atomic E-state index is 12.6. The number of carbonyl (C=O) groups excluding carboxylic acids is 1. The second kappa shape index (κ2) is 5.46. The molecule has 1 aromatic heterocycles. The number of carbonyl (C=O) groups is 1. The van der Waals surface area contributed by atoms with Crippen molar-refractivity contribution in [3.8, 4) is 0 Å². The van der Waals surface area contributed by atoms with Gasteiger partial charge in [0.2, 0.25) is 0 Å². The maximum Gasteiger partial charge on any atom is 0.257 e. The van der Waals surface area contributed by atoms with E-state index >= 15 is 0 Å². The van der Waals surface area contributed by atoms with E-state index in [0.29, 0.717) is 11.4 Å². The quantitative estimate of drug-likeness (QED) is 0.811. The standard InChI is InChI=1S/C16H21N5O/c1-11-9-17-20-14-13(10-18-21(11)14)15(22)19-16(2,3)12-7-5-4-6-8-12/h4-8,10-11,17,20H,9H2,1-3H3,(H,19,22). The lowest BCUT2D eigenvalue weighted by Gasteiger charge is -2.28. The van der Waals surface area contributed by atoms with Gasteiger partial charge in [-0.25, -0.2) is 10.1 Å². The van der Waals surface area contributed by atoms with Crippen LogP contribution in [0.1, 0.15) is 42.7 Å². The number of benzene rings is 1. The summed E-state index contributed by atoms with van der Waals surface area (Å²) in [6, 6.07) is 10.1. The van der Waals surface area contributed by atoms with Gasteiger partial charge >= 0.3 is 0 Å². The molecule has 0 bridgehead atoms. The van der Waals surface area contributed by atoms with Crippen molar-refractivity contribution in [3.05, 3.63) is 47.7 Å². The largest absolute Gasteiger partial charge is 0.343 e. The second-order valence-corrected chi connectivity index (χ2v) is 6.15. The summed E-state index contributed by atoms with van der Waals surface area (Å²) in [5.41, 5.74) is 7.26. The van der Waals surface area contributed by atoms with Crippen LogP contribution in [0.15, 0.2) is 36.5 Å². The molecule has 0 aliphatic carbocycles. The number of hydrazine groups is 1. The predicted octanol–water partition coefficient (Wildman–Crippen LogP) is 2.04. The average Bonchev–Trinajstić information content (AvgIpc) is 2.93. The fourth-order valence-electron chi connectivity index (χ4n) is 2.63. The van der Waals surface area contributed by atoms with Gasteiger partial charge in [0.25, 0.3) is 5.91 Å². The summed E-state index contributed by atoms with van der Waals surface area (Å²) in [4.78, 5) is 12.6. The monoisotopic (exact) mass is 299 g/mol. The van der Waals surface area contributed by atoms with Crippen LogP contribution >= 0.6 is 0 Å². The van der Waals surface area contributed by atoms with Crippen molar-refractivity contribution < 1.29 is 4.79 Å².